The Bertz CT molecular complexity index is 561. The number of carbonyl (C=O) groups is 2. The number of hydrogen-bond acceptors (Lipinski definition) is 3. The highest BCUT2D eigenvalue weighted by molar-refractivity contribution is 5.69. The van der Waals surface area contributed by atoms with Crippen molar-refractivity contribution in [2.24, 2.45) is 0 Å². The van der Waals surface area contributed by atoms with Gasteiger partial charge in [-0.2, -0.15) is 0 Å². The summed E-state index contributed by atoms with van der Waals surface area (Å²) < 4.78 is 5.93. The van der Waals surface area contributed by atoms with Crippen LogP contribution < -0.4 is 0 Å². The summed E-state index contributed by atoms with van der Waals surface area (Å²) in [7, 11) is 0. The van der Waals surface area contributed by atoms with Crippen LogP contribution in [-0.4, -0.2) is 23.1 Å². The first kappa shape index (κ1) is 40.9. The van der Waals surface area contributed by atoms with Crippen molar-refractivity contribution in [3.05, 3.63) is 0 Å². The largest absolute Gasteiger partial charge is 0.481 e. The number of unbranched alkanes of at least 4 members (excludes halogenated alkanes) is 26. The van der Waals surface area contributed by atoms with E-state index in [1.807, 2.05) is 0 Å². The van der Waals surface area contributed by atoms with Gasteiger partial charge in [-0.3, -0.25) is 9.59 Å². The zero-order chi connectivity index (χ0) is 30.8. The molecule has 4 nitrogen and oxygen atoms in total. The van der Waals surface area contributed by atoms with Crippen molar-refractivity contribution in [2.45, 2.75) is 232 Å². The molecule has 0 bridgehead atoms. The van der Waals surface area contributed by atoms with Gasteiger partial charge in [0.05, 0.1) is 0 Å². The van der Waals surface area contributed by atoms with Crippen molar-refractivity contribution in [3.8, 4) is 0 Å². The number of carbonyl (C=O) groups excluding carboxylic acids is 1. The second-order valence-electron chi connectivity index (χ2n) is 13.1. The predicted octanol–water partition coefficient (Wildman–Crippen LogP) is 12.9. The highest BCUT2D eigenvalue weighted by Gasteiger charge is 2.14. The molecule has 4 heteroatoms. The van der Waals surface area contributed by atoms with Crippen LogP contribution in [0.1, 0.15) is 226 Å². The molecule has 0 aliphatic heterocycles. The van der Waals surface area contributed by atoms with Gasteiger partial charge in [-0.1, -0.05) is 174 Å². The van der Waals surface area contributed by atoms with Crippen LogP contribution in [0.5, 0.6) is 0 Å². The van der Waals surface area contributed by atoms with Gasteiger partial charge in [0.25, 0.3) is 0 Å². The Hall–Kier alpha value is -1.06. The lowest BCUT2D eigenvalue weighted by Gasteiger charge is -2.18. The van der Waals surface area contributed by atoms with E-state index in [0.717, 1.165) is 44.9 Å². The van der Waals surface area contributed by atoms with E-state index in [4.69, 9.17) is 9.84 Å². The summed E-state index contributed by atoms with van der Waals surface area (Å²) in [6, 6.07) is 0. The van der Waals surface area contributed by atoms with Crippen molar-refractivity contribution in [3.63, 3.8) is 0 Å². The molecule has 0 fully saturated rings. The van der Waals surface area contributed by atoms with Gasteiger partial charge in [0.1, 0.15) is 6.10 Å². The maximum atomic E-state index is 12.6. The molecule has 0 amide bonds. The monoisotopic (exact) mass is 595 g/mol. The van der Waals surface area contributed by atoms with Crippen LogP contribution in [0.25, 0.3) is 0 Å². The third-order valence-corrected chi connectivity index (χ3v) is 8.83. The number of carboxylic acids is 1. The Kier molecular flexibility index (Phi) is 33.6. The van der Waals surface area contributed by atoms with Crippen molar-refractivity contribution >= 4 is 11.9 Å². The molecule has 1 N–H and O–H groups in total. The van der Waals surface area contributed by atoms with E-state index in [1.165, 1.54) is 148 Å². The Balaban J connectivity index is 3.91. The van der Waals surface area contributed by atoms with Gasteiger partial charge in [-0.05, 0) is 38.5 Å². The molecule has 0 radical (unpaired) electrons. The summed E-state index contributed by atoms with van der Waals surface area (Å²) in [4.78, 5) is 23.3. The normalized spacial score (nSPS) is 12.0. The van der Waals surface area contributed by atoms with Crippen molar-refractivity contribution in [2.75, 3.05) is 0 Å². The molecular formula is C38H74O4. The third kappa shape index (κ3) is 33.4. The van der Waals surface area contributed by atoms with Crippen LogP contribution in [-0.2, 0) is 14.3 Å². The molecule has 0 aliphatic rings. The zero-order valence-corrected chi connectivity index (χ0v) is 28.6. The number of esters is 1. The molecule has 0 heterocycles. The molecule has 0 rings (SSSR count). The lowest BCUT2D eigenvalue weighted by Crippen LogP contribution is -2.18. The summed E-state index contributed by atoms with van der Waals surface area (Å²) in [6.45, 7) is 4.55. The number of rotatable bonds is 35. The minimum atomic E-state index is -0.720. The fourth-order valence-electron chi connectivity index (χ4n) is 6.01. The van der Waals surface area contributed by atoms with E-state index >= 15 is 0 Å². The van der Waals surface area contributed by atoms with Gasteiger partial charge in [0.15, 0.2) is 0 Å². The van der Waals surface area contributed by atoms with Crippen LogP contribution in [0, 0.1) is 0 Å². The van der Waals surface area contributed by atoms with E-state index in [1.54, 1.807) is 0 Å². The van der Waals surface area contributed by atoms with Crippen LogP contribution in [0.4, 0.5) is 0 Å². The van der Waals surface area contributed by atoms with Crippen molar-refractivity contribution in [1.82, 2.24) is 0 Å². The lowest BCUT2D eigenvalue weighted by molar-refractivity contribution is -0.150. The fourth-order valence-corrected chi connectivity index (χ4v) is 6.01. The molecule has 1 unspecified atom stereocenters. The standard InChI is InChI=1S/C38H74O4/c1-3-5-7-9-11-13-15-16-17-18-20-21-23-25-28-32-36(33-29-27-30-34-37(39)40)42-38(41)35-31-26-24-22-19-14-12-10-8-6-4-2/h36H,3-35H2,1-2H3,(H,39,40). The molecular weight excluding hydrogens is 520 g/mol. The first-order valence-electron chi connectivity index (χ1n) is 19.0. The Morgan fingerprint density at radius 2 is 0.714 bits per heavy atom. The quantitative estimate of drug-likeness (QED) is 0.0585. The van der Waals surface area contributed by atoms with Crippen LogP contribution >= 0.6 is 0 Å². The maximum Gasteiger partial charge on any atom is 0.306 e. The molecule has 0 aliphatic carbocycles. The first-order chi connectivity index (χ1) is 20.6. The summed E-state index contributed by atoms with van der Waals surface area (Å²) >= 11 is 0. The van der Waals surface area contributed by atoms with Crippen molar-refractivity contribution < 1.29 is 19.4 Å². The summed E-state index contributed by atoms with van der Waals surface area (Å²) in [5.41, 5.74) is 0. The first-order valence-corrected chi connectivity index (χ1v) is 19.0. The van der Waals surface area contributed by atoms with Gasteiger partial charge < -0.3 is 9.84 Å². The van der Waals surface area contributed by atoms with Crippen molar-refractivity contribution in [1.29, 1.82) is 0 Å². The summed E-state index contributed by atoms with van der Waals surface area (Å²) in [5.74, 6) is -0.745. The van der Waals surface area contributed by atoms with E-state index < -0.39 is 5.97 Å². The van der Waals surface area contributed by atoms with Gasteiger partial charge in [0, 0.05) is 12.8 Å². The third-order valence-electron chi connectivity index (χ3n) is 8.83. The smallest absolute Gasteiger partial charge is 0.306 e. The van der Waals surface area contributed by atoms with Gasteiger partial charge in [0.2, 0.25) is 0 Å². The lowest BCUT2D eigenvalue weighted by atomic mass is 10.0. The number of aliphatic carboxylic acids is 1. The fraction of sp³-hybridized carbons (Fsp3) is 0.947. The van der Waals surface area contributed by atoms with Crippen LogP contribution in [0.3, 0.4) is 0 Å². The average Bonchev–Trinajstić information content (AvgIpc) is 2.97. The predicted molar refractivity (Wildman–Crippen MR) is 181 cm³/mol. The molecule has 0 aromatic rings. The summed E-state index contributed by atoms with van der Waals surface area (Å²) in [6.07, 6.45) is 39.7. The van der Waals surface area contributed by atoms with E-state index in [-0.39, 0.29) is 18.5 Å². The molecule has 42 heavy (non-hydrogen) atoms. The zero-order valence-electron chi connectivity index (χ0n) is 28.6. The second-order valence-corrected chi connectivity index (χ2v) is 13.1. The molecule has 0 saturated heterocycles. The molecule has 0 saturated carbocycles. The highest BCUT2D eigenvalue weighted by atomic mass is 16.5. The second kappa shape index (κ2) is 34.4. The average molecular weight is 595 g/mol. The van der Waals surface area contributed by atoms with E-state index in [0.29, 0.717) is 12.8 Å². The molecule has 250 valence electrons. The van der Waals surface area contributed by atoms with E-state index in [9.17, 15) is 9.59 Å². The SMILES string of the molecule is CCCCCCCCCCCCCCCCCC(CCCCCC(=O)O)OC(=O)CCCCCCCCCCCCC. The highest BCUT2D eigenvalue weighted by Crippen LogP contribution is 2.19. The van der Waals surface area contributed by atoms with Crippen LogP contribution in [0.2, 0.25) is 0 Å². The maximum absolute atomic E-state index is 12.6. The van der Waals surface area contributed by atoms with Gasteiger partial charge >= 0.3 is 11.9 Å². The minimum absolute atomic E-state index is 0.0111. The van der Waals surface area contributed by atoms with Gasteiger partial charge in [-0.15, -0.1) is 0 Å². The van der Waals surface area contributed by atoms with Crippen LogP contribution in [0.15, 0.2) is 0 Å². The Labute approximate surface area is 262 Å². The summed E-state index contributed by atoms with van der Waals surface area (Å²) in [5, 5.41) is 8.88. The molecule has 1 atom stereocenters. The molecule has 0 aromatic carbocycles. The molecule has 0 spiro atoms. The number of ether oxygens (including phenoxy) is 1. The topological polar surface area (TPSA) is 63.6 Å². The minimum Gasteiger partial charge on any atom is -0.481 e. The number of hydrogen-bond donors (Lipinski definition) is 1. The Morgan fingerprint density at radius 1 is 0.429 bits per heavy atom. The number of carboxylic acid groups (broad SMARTS) is 1. The Morgan fingerprint density at radius 3 is 1.07 bits per heavy atom. The molecule has 0 aromatic heterocycles. The van der Waals surface area contributed by atoms with E-state index in [2.05, 4.69) is 13.8 Å². The van der Waals surface area contributed by atoms with Gasteiger partial charge in [-0.25, -0.2) is 0 Å².